The van der Waals surface area contributed by atoms with E-state index in [4.69, 9.17) is 0 Å². The van der Waals surface area contributed by atoms with Crippen molar-refractivity contribution in [3.05, 3.63) is 34.9 Å². The van der Waals surface area contributed by atoms with Crippen molar-refractivity contribution in [2.24, 2.45) is 0 Å². The Labute approximate surface area is 104 Å². The molecule has 2 N–H and O–H groups in total. The highest BCUT2D eigenvalue weighted by atomic mass is 16.3. The van der Waals surface area contributed by atoms with Crippen LogP contribution < -0.4 is 5.32 Å². The summed E-state index contributed by atoms with van der Waals surface area (Å²) in [4.78, 5) is 0. The molecule has 1 aromatic carbocycles. The number of nitrogens with one attached hydrogen (secondary N) is 1. The minimum absolute atomic E-state index is 0.0533. The lowest BCUT2D eigenvalue weighted by molar-refractivity contribution is 0.163. The maximum Gasteiger partial charge on any atom is 0.0914 e. The molecule has 94 valence electrons. The van der Waals surface area contributed by atoms with Crippen molar-refractivity contribution in [3.8, 4) is 0 Å². The summed E-state index contributed by atoms with van der Waals surface area (Å²) < 4.78 is 0. The third-order valence-electron chi connectivity index (χ3n) is 3.33. The molecule has 2 rings (SSSR count). The summed E-state index contributed by atoms with van der Waals surface area (Å²) >= 11 is 0. The summed E-state index contributed by atoms with van der Waals surface area (Å²) in [5.41, 5.74) is 3.99. The zero-order chi connectivity index (χ0) is 12.5. The first kappa shape index (κ1) is 12.6. The molecule has 0 aromatic heterocycles. The monoisotopic (exact) mass is 233 g/mol. The van der Waals surface area contributed by atoms with Crippen LogP contribution in [-0.4, -0.2) is 17.2 Å². The summed E-state index contributed by atoms with van der Waals surface area (Å²) in [6.45, 7) is 6.95. The molecular formula is C15H23NO. The topological polar surface area (TPSA) is 32.3 Å². The highest BCUT2D eigenvalue weighted by Gasteiger charge is 2.16. The highest BCUT2D eigenvalue weighted by Crippen LogP contribution is 2.25. The van der Waals surface area contributed by atoms with Crippen LogP contribution in [0.3, 0.4) is 0 Å². The van der Waals surface area contributed by atoms with Gasteiger partial charge in [0.2, 0.25) is 0 Å². The lowest BCUT2D eigenvalue weighted by Crippen LogP contribution is -2.38. The van der Waals surface area contributed by atoms with Crippen molar-refractivity contribution >= 4 is 0 Å². The molecule has 0 radical (unpaired) electrons. The highest BCUT2D eigenvalue weighted by molar-refractivity contribution is 5.36. The van der Waals surface area contributed by atoms with Crippen LogP contribution in [0.5, 0.6) is 0 Å². The van der Waals surface area contributed by atoms with E-state index >= 15 is 0 Å². The normalized spacial score (nSPS) is 16.9. The Balaban J connectivity index is 2.02. The Morgan fingerprint density at radius 3 is 2.65 bits per heavy atom. The van der Waals surface area contributed by atoms with Crippen LogP contribution in [0, 0.1) is 0 Å². The number of fused-ring (bicyclic) bond motifs is 1. The predicted molar refractivity (Wildman–Crippen MR) is 71.2 cm³/mol. The van der Waals surface area contributed by atoms with Gasteiger partial charge in [-0.1, -0.05) is 18.2 Å². The third kappa shape index (κ3) is 3.30. The van der Waals surface area contributed by atoms with Gasteiger partial charge in [-0.2, -0.15) is 0 Å². The first-order valence-corrected chi connectivity index (χ1v) is 6.50. The van der Waals surface area contributed by atoms with Crippen molar-refractivity contribution in [2.45, 2.75) is 51.7 Å². The molecule has 0 saturated carbocycles. The first-order valence-electron chi connectivity index (χ1n) is 6.50. The molecule has 17 heavy (non-hydrogen) atoms. The van der Waals surface area contributed by atoms with Gasteiger partial charge in [0.25, 0.3) is 0 Å². The Kier molecular flexibility index (Phi) is 3.55. The lowest BCUT2D eigenvalue weighted by atomic mass is 10.0. The molecule has 0 heterocycles. The standard InChI is InChI=1S/C15H23NO/c1-15(2,3)16-10-14(17)13-8-7-11-5-4-6-12(11)9-13/h7-9,14,16-17H,4-6,10H2,1-3H3/t14-/m1/s1. The zero-order valence-electron chi connectivity index (χ0n) is 11.1. The molecule has 0 spiro atoms. The van der Waals surface area contributed by atoms with Gasteiger partial charge in [-0.15, -0.1) is 0 Å². The fraction of sp³-hybridized carbons (Fsp3) is 0.600. The molecule has 0 bridgehead atoms. The Hall–Kier alpha value is -0.860. The second kappa shape index (κ2) is 4.79. The first-order chi connectivity index (χ1) is 7.96. The maximum atomic E-state index is 10.2. The van der Waals surface area contributed by atoms with E-state index < -0.39 is 6.10 Å². The quantitative estimate of drug-likeness (QED) is 0.841. The molecule has 0 unspecified atom stereocenters. The van der Waals surface area contributed by atoms with Crippen molar-refractivity contribution in [2.75, 3.05) is 6.54 Å². The summed E-state index contributed by atoms with van der Waals surface area (Å²) in [6.07, 6.45) is 3.23. The van der Waals surface area contributed by atoms with Crippen LogP contribution >= 0.6 is 0 Å². The summed E-state index contributed by atoms with van der Waals surface area (Å²) in [5, 5.41) is 13.5. The van der Waals surface area contributed by atoms with E-state index in [0.29, 0.717) is 6.54 Å². The van der Waals surface area contributed by atoms with Gasteiger partial charge in [0.15, 0.2) is 0 Å². The van der Waals surface area contributed by atoms with Gasteiger partial charge in [-0.3, -0.25) is 0 Å². The van der Waals surface area contributed by atoms with Crippen LogP contribution in [0.15, 0.2) is 18.2 Å². The Morgan fingerprint density at radius 1 is 1.24 bits per heavy atom. The van der Waals surface area contributed by atoms with E-state index in [0.717, 1.165) is 5.56 Å². The van der Waals surface area contributed by atoms with Crippen LogP contribution in [0.4, 0.5) is 0 Å². The average Bonchev–Trinajstić information content (AvgIpc) is 2.71. The van der Waals surface area contributed by atoms with Crippen LogP contribution in [0.25, 0.3) is 0 Å². The Morgan fingerprint density at radius 2 is 1.94 bits per heavy atom. The summed E-state index contributed by atoms with van der Waals surface area (Å²) in [7, 11) is 0. The van der Waals surface area contributed by atoms with Gasteiger partial charge in [0, 0.05) is 12.1 Å². The minimum atomic E-state index is -0.403. The fourth-order valence-corrected chi connectivity index (χ4v) is 2.32. The molecular weight excluding hydrogens is 210 g/mol. The van der Waals surface area contributed by atoms with Crippen molar-refractivity contribution in [1.29, 1.82) is 0 Å². The maximum absolute atomic E-state index is 10.2. The van der Waals surface area contributed by atoms with Crippen molar-refractivity contribution in [3.63, 3.8) is 0 Å². The molecule has 0 fully saturated rings. The second-order valence-corrected chi connectivity index (χ2v) is 6.03. The smallest absolute Gasteiger partial charge is 0.0914 e. The van der Waals surface area contributed by atoms with Crippen molar-refractivity contribution in [1.82, 2.24) is 5.32 Å². The van der Waals surface area contributed by atoms with E-state index in [-0.39, 0.29) is 5.54 Å². The molecule has 2 nitrogen and oxygen atoms in total. The molecule has 0 saturated heterocycles. The molecule has 1 aromatic rings. The molecule has 0 aliphatic heterocycles. The third-order valence-corrected chi connectivity index (χ3v) is 3.33. The number of aliphatic hydroxyl groups is 1. The van der Waals surface area contributed by atoms with E-state index in [2.05, 4.69) is 44.3 Å². The fourth-order valence-electron chi connectivity index (χ4n) is 2.32. The number of hydrogen-bond acceptors (Lipinski definition) is 2. The van der Waals surface area contributed by atoms with Crippen LogP contribution in [0.1, 0.15) is 50.0 Å². The summed E-state index contributed by atoms with van der Waals surface area (Å²) in [6, 6.07) is 6.43. The van der Waals surface area contributed by atoms with Crippen LogP contribution in [-0.2, 0) is 12.8 Å². The van der Waals surface area contributed by atoms with Gasteiger partial charge < -0.3 is 10.4 Å². The number of aryl methyl sites for hydroxylation is 2. The number of hydrogen-bond donors (Lipinski definition) is 2. The van der Waals surface area contributed by atoms with E-state index in [9.17, 15) is 5.11 Å². The second-order valence-electron chi connectivity index (χ2n) is 6.03. The van der Waals surface area contributed by atoms with Crippen LogP contribution in [0.2, 0.25) is 0 Å². The van der Waals surface area contributed by atoms with Gasteiger partial charge in [-0.25, -0.2) is 0 Å². The Bertz CT molecular complexity index is 392. The van der Waals surface area contributed by atoms with Gasteiger partial charge in [0.1, 0.15) is 0 Å². The zero-order valence-corrected chi connectivity index (χ0v) is 11.1. The molecule has 1 aliphatic carbocycles. The predicted octanol–water partition coefficient (Wildman–Crippen LogP) is 2.60. The van der Waals surface area contributed by atoms with E-state index in [1.165, 1.54) is 30.4 Å². The minimum Gasteiger partial charge on any atom is -0.387 e. The van der Waals surface area contributed by atoms with Crippen molar-refractivity contribution < 1.29 is 5.11 Å². The van der Waals surface area contributed by atoms with E-state index in [1.807, 2.05) is 0 Å². The molecule has 1 atom stereocenters. The number of aliphatic hydroxyl groups excluding tert-OH is 1. The number of rotatable bonds is 3. The average molecular weight is 233 g/mol. The lowest BCUT2D eigenvalue weighted by Gasteiger charge is -2.23. The SMILES string of the molecule is CC(C)(C)NC[C@@H](O)c1ccc2c(c1)CCC2. The molecule has 1 aliphatic rings. The summed E-state index contributed by atoms with van der Waals surface area (Å²) in [5.74, 6) is 0. The largest absolute Gasteiger partial charge is 0.387 e. The van der Waals surface area contributed by atoms with E-state index in [1.54, 1.807) is 0 Å². The van der Waals surface area contributed by atoms with Gasteiger partial charge >= 0.3 is 0 Å². The molecule has 0 amide bonds. The molecule has 2 heteroatoms. The van der Waals surface area contributed by atoms with Gasteiger partial charge in [-0.05, 0) is 56.7 Å². The number of β-amino-alcohol motifs (C(OH)–C–C–N with tert-alkyl or cyclic N) is 1. The number of benzene rings is 1. The van der Waals surface area contributed by atoms with Gasteiger partial charge in [0.05, 0.1) is 6.10 Å².